The Balaban J connectivity index is 2.62. The molecule has 1 aromatic carbocycles. The van der Waals surface area contributed by atoms with Crippen molar-refractivity contribution in [1.82, 2.24) is 9.78 Å². The van der Waals surface area contributed by atoms with Crippen LogP contribution >= 0.6 is 0 Å². The van der Waals surface area contributed by atoms with Crippen LogP contribution in [-0.4, -0.2) is 14.7 Å². The molecule has 0 aliphatic heterocycles. The fraction of sp³-hybridized carbons (Fsp3) is 0.182. The van der Waals surface area contributed by atoms with Crippen molar-refractivity contribution in [3.8, 4) is 5.69 Å². The molecule has 0 fully saturated rings. The van der Waals surface area contributed by atoms with Gasteiger partial charge in [-0.3, -0.25) is 10.1 Å². The molecule has 0 saturated heterocycles. The zero-order chi connectivity index (χ0) is 12.6. The molecule has 6 nitrogen and oxygen atoms in total. The van der Waals surface area contributed by atoms with E-state index >= 15 is 0 Å². The molecular formula is C11H12N4O2. The van der Waals surface area contributed by atoms with Crippen LogP contribution in [0.1, 0.15) is 11.1 Å². The maximum atomic E-state index is 10.9. The average Bonchev–Trinajstić information content (AvgIpc) is 2.64. The normalized spacial score (nSPS) is 10.5. The molecule has 0 radical (unpaired) electrons. The van der Waals surface area contributed by atoms with Gasteiger partial charge in [0.05, 0.1) is 10.6 Å². The molecule has 6 heteroatoms. The molecule has 0 aliphatic carbocycles. The summed E-state index contributed by atoms with van der Waals surface area (Å²) in [6.45, 7) is 3.59. The predicted octanol–water partition coefficient (Wildman–Crippen LogP) is 1.98. The van der Waals surface area contributed by atoms with Crippen LogP contribution in [0.5, 0.6) is 0 Å². The lowest BCUT2D eigenvalue weighted by atomic mass is 10.1. The van der Waals surface area contributed by atoms with Crippen molar-refractivity contribution in [3.63, 3.8) is 0 Å². The van der Waals surface area contributed by atoms with E-state index in [2.05, 4.69) is 5.10 Å². The number of hydrogen-bond donors (Lipinski definition) is 1. The van der Waals surface area contributed by atoms with Gasteiger partial charge in [-0.05, 0) is 25.5 Å². The highest BCUT2D eigenvalue weighted by molar-refractivity contribution is 5.53. The Labute approximate surface area is 97.8 Å². The fourth-order valence-electron chi connectivity index (χ4n) is 1.75. The molecule has 2 aromatic rings. The van der Waals surface area contributed by atoms with Crippen LogP contribution in [0.25, 0.3) is 5.69 Å². The molecule has 0 bridgehead atoms. The molecule has 1 heterocycles. The van der Waals surface area contributed by atoms with Gasteiger partial charge in [-0.2, -0.15) is 5.10 Å². The molecule has 0 saturated carbocycles. The predicted molar refractivity (Wildman–Crippen MR) is 64.1 cm³/mol. The van der Waals surface area contributed by atoms with Crippen molar-refractivity contribution in [2.45, 2.75) is 13.8 Å². The van der Waals surface area contributed by atoms with Crippen LogP contribution in [0.3, 0.4) is 0 Å². The van der Waals surface area contributed by atoms with E-state index in [1.165, 1.54) is 10.7 Å². The van der Waals surface area contributed by atoms with Crippen LogP contribution in [0.15, 0.2) is 24.4 Å². The van der Waals surface area contributed by atoms with Crippen molar-refractivity contribution in [2.75, 3.05) is 5.73 Å². The topological polar surface area (TPSA) is 87.0 Å². The first-order valence-electron chi connectivity index (χ1n) is 5.06. The third-order valence-corrected chi connectivity index (χ3v) is 2.57. The third kappa shape index (κ3) is 1.96. The van der Waals surface area contributed by atoms with Gasteiger partial charge in [0, 0.05) is 23.9 Å². The molecule has 0 spiro atoms. The summed E-state index contributed by atoms with van der Waals surface area (Å²) in [6.07, 6.45) is 1.68. The van der Waals surface area contributed by atoms with Gasteiger partial charge in [-0.25, -0.2) is 4.68 Å². The monoisotopic (exact) mass is 232 g/mol. The highest BCUT2D eigenvalue weighted by Crippen LogP contribution is 2.25. The van der Waals surface area contributed by atoms with E-state index in [1.54, 1.807) is 25.3 Å². The quantitative estimate of drug-likeness (QED) is 0.633. The van der Waals surface area contributed by atoms with E-state index in [-0.39, 0.29) is 5.69 Å². The Hall–Kier alpha value is -2.37. The number of nitro benzene ring substituents is 1. The lowest BCUT2D eigenvalue weighted by molar-refractivity contribution is -0.385. The Morgan fingerprint density at radius 2 is 2.06 bits per heavy atom. The Morgan fingerprint density at radius 1 is 1.35 bits per heavy atom. The Kier molecular flexibility index (Phi) is 2.55. The summed E-state index contributed by atoms with van der Waals surface area (Å²) < 4.78 is 1.54. The van der Waals surface area contributed by atoms with Gasteiger partial charge < -0.3 is 5.73 Å². The van der Waals surface area contributed by atoms with Gasteiger partial charge in [-0.1, -0.05) is 0 Å². The van der Waals surface area contributed by atoms with Crippen LogP contribution < -0.4 is 5.73 Å². The van der Waals surface area contributed by atoms with Crippen molar-refractivity contribution < 1.29 is 4.92 Å². The summed E-state index contributed by atoms with van der Waals surface area (Å²) >= 11 is 0. The molecule has 0 unspecified atom stereocenters. The largest absolute Gasteiger partial charge is 0.382 e. The zero-order valence-corrected chi connectivity index (χ0v) is 9.54. The number of anilines is 1. The first kappa shape index (κ1) is 11.1. The fourth-order valence-corrected chi connectivity index (χ4v) is 1.75. The van der Waals surface area contributed by atoms with E-state index < -0.39 is 4.92 Å². The second kappa shape index (κ2) is 3.89. The van der Waals surface area contributed by atoms with E-state index in [4.69, 9.17) is 5.73 Å². The maximum Gasteiger partial charge on any atom is 0.274 e. The molecule has 0 atom stereocenters. The maximum absolute atomic E-state index is 10.9. The van der Waals surface area contributed by atoms with E-state index in [9.17, 15) is 10.1 Å². The Morgan fingerprint density at radius 3 is 2.59 bits per heavy atom. The van der Waals surface area contributed by atoms with Crippen molar-refractivity contribution in [2.24, 2.45) is 0 Å². The first-order chi connectivity index (χ1) is 7.99. The smallest absolute Gasteiger partial charge is 0.274 e. The second-order valence-corrected chi connectivity index (χ2v) is 3.87. The highest BCUT2D eigenvalue weighted by atomic mass is 16.6. The first-order valence-corrected chi connectivity index (χ1v) is 5.06. The summed E-state index contributed by atoms with van der Waals surface area (Å²) in [4.78, 5) is 10.5. The van der Waals surface area contributed by atoms with Crippen LogP contribution in [0, 0.1) is 24.0 Å². The standard InChI is InChI=1S/C11H12N4O2/c1-7-5-8(2)10(15(16)17)6-9(7)14-4-3-11(12)13-14/h3-6H,1-2H3,(H2,12,13). The second-order valence-electron chi connectivity index (χ2n) is 3.87. The third-order valence-electron chi connectivity index (χ3n) is 2.57. The minimum absolute atomic E-state index is 0.0830. The number of hydrogen-bond acceptors (Lipinski definition) is 4. The number of rotatable bonds is 2. The summed E-state index contributed by atoms with van der Waals surface area (Å²) in [6, 6.07) is 4.92. The summed E-state index contributed by atoms with van der Waals surface area (Å²) in [5.74, 6) is 0.382. The lowest BCUT2D eigenvalue weighted by Gasteiger charge is -2.07. The van der Waals surface area contributed by atoms with Crippen molar-refractivity contribution in [1.29, 1.82) is 0 Å². The Bertz CT molecular complexity index is 589. The zero-order valence-electron chi connectivity index (χ0n) is 9.54. The van der Waals surface area contributed by atoms with E-state index in [0.29, 0.717) is 17.1 Å². The van der Waals surface area contributed by atoms with E-state index in [0.717, 1.165) is 5.56 Å². The van der Waals surface area contributed by atoms with Gasteiger partial charge in [0.15, 0.2) is 0 Å². The number of nitro groups is 1. The number of nitrogen functional groups attached to an aromatic ring is 1. The van der Waals surface area contributed by atoms with Crippen LogP contribution in [0.2, 0.25) is 0 Å². The number of benzene rings is 1. The number of nitrogens with zero attached hydrogens (tertiary/aromatic N) is 3. The summed E-state index contributed by atoms with van der Waals surface area (Å²) in [5.41, 5.74) is 7.83. The average molecular weight is 232 g/mol. The molecule has 0 amide bonds. The van der Waals surface area contributed by atoms with Gasteiger partial charge in [0.25, 0.3) is 5.69 Å². The lowest BCUT2D eigenvalue weighted by Crippen LogP contribution is -2.02. The van der Waals surface area contributed by atoms with Gasteiger partial charge >= 0.3 is 0 Å². The molecule has 88 valence electrons. The number of aromatic nitrogens is 2. The highest BCUT2D eigenvalue weighted by Gasteiger charge is 2.14. The molecule has 1 aromatic heterocycles. The van der Waals surface area contributed by atoms with Crippen molar-refractivity contribution >= 4 is 11.5 Å². The molecule has 17 heavy (non-hydrogen) atoms. The summed E-state index contributed by atoms with van der Waals surface area (Å²) in [5, 5.41) is 14.9. The molecule has 2 N–H and O–H groups in total. The molecule has 0 aliphatic rings. The van der Waals surface area contributed by atoms with Crippen molar-refractivity contribution in [3.05, 3.63) is 45.6 Å². The SMILES string of the molecule is Cc1cc(C)c([N+](=O)[O-])cc1-n1ccc(N)n1. The van der Waals surface area contributed by atoms with Crippen LogP contribution in [-0.2, 0) is 0 Å². The number of nitrogens with two attached hydrogens (primary N) is 1. The van der Waals surface area contributed by atoms with Crippen LogP contribution in [0.4, 0.5) is 11.5 Å². The van der Waals surface area contributed by atoms with Gasteiger partial charge in [0.1, 0.15) is 5.82 Å². The van der Waals surface area contributed by atoms with E-state index in [1.807, 2.05) is 6.92 Å². The van der Waals surface area contributed by atoms with Gasteiger partial charge in [-0.15, -0.1) is 0 Å². The van der Waals surface area contributed by atoms with Gasteiger partial charge in [0.2, 0.25) is 0 Å². The minimum Gasteiger partial charge on any atom is -0.382 e. The number of aryl methyl sites for hydroxylation is 2. The minimum atomic E-state index is -0.398. The summed E-state index contributed by atoms with van der Waals surface area (Å²) in [7, 11) is 0. The molecular weight excluding hydrogens is 220 g/mol. The molecule has 2 rings (SSSR count).